The summed E-state index contributed by atoms with van der Waals surface area (Å²) in [5.74, 6) is -2.07. The molecule has 0 saturated carbocycles. The first-order valence-corrected chi connectivity index (χ1v) is 14.5. The van der Waals surface area contributed by atoms with Crippen LogP contribution in [0.5, 0.6) is 0 Å². The summed E-state index contributed by atoms with van der Waals surface area (Å²) in [5, 5.41) is -0.951. The zero-order valence-corrected chi connectivity index (χ0v) is 24.2. The Bertz CT molecular complexity index is 1710. The van der Waals surface area contributed by atoms with Crippen LogP contribution in [0.1, 0.15) is 12.5 Å². The van der Waals surface area contributed by atoms with Crippen LogP contribution in [0.3, 0.4) is 0 Å². The van der Waals surface area contributed by atoms with Crippen molar-refractivity contribution < 1.29 is 31.5 Å². The summed E-state index contributed by atoms with van der Waals surface area (Å²) < 4.78 is 80.3. The minimum absolute atomic E-state index is 0.00809. The molecule has 0 unspecified atom stereocenters. The first kappa shape index (κ1) is 28.9. The molecule has 6 rings (SSSR count). The van der Waals surface area contributed by atoms with E-state index in [9.17, 15) is 27.2 Å². The Kier molecular flexibility index (Phi) is 6.81. The Hall–Kier alpha value is -3.23. The van der Waals surface area contributed by atoms with Gasteiger partial charge in [0.25, 0.3) is 0 Å². The lowest BCUT2D eigenvalue weighted by molar-refractivity contribution is -0.137. The number of ether oxygens (including phenoxy) is 1. The van der Waals surface area contributed by atoms with Gasteiger partial charge in [0, 0.05) is 70.0 Å². The number of aromatic nitrogens is 2. The van der Waals surface area contributed by atoms with Gasteiger partial charge in [-0.15, -0.1) is 11.8 Å². The van der Waals surface area contributed by atoms with Gasteiger partial charge in [0.2, 0.25) is 5.91 Å². The van der Waals surface area contributed by atoms with Gasteiger partial charge in [-0.25, -0.2) is 13.6 Å². The third kappa shape index (κ3) is 4.63. The Morgan fingerprint density at radius 2 is 1.93 bits per heavy atom. The van der Waals surface area contributed by atoms with Crippen LogP contribution in [-0.4, -0.2) is 74.4 Å². The van der Waals surface area contributed by atoms with Gasteiger partial charge in [0.1, 0.15) is 17.5 Å². The summed E-state index contributed by atoms with van der Waals surface area (Å²) in [5.41, 5.74) is -3.02. The second-order valence-corrected chi connectivity index (χ2v) is 13.2. The molecule has 1 amide bonds. The highest BCUT2D eigenvalue weighted by Crippen LogP contribution is 2.51. The largest absolute Gasteiger partial charge is 0.417 e. The van der Waals surface area contributed by atoms with E-state index >= 15 is 4.39 Å². The highest BCUT2D eigenvalue weighted by molar-refractivity contribution is 7.99. The average molecular weight is 620 g/mol. The molecule has 1 atom stereocenters. The fourth-order valence-electron chi connectivity index (χ4n) is 5.90. The van der Waals surface area contributed by atoms with Gasteiger partial charge in [-0.05, 0) is 31.2 Å². The first-order valence-electron chi connectivity index (χ1n) is 13.0. The van der Waals surface area contributed by atoms with Crippen LogP contribution >= 0.6 is 11.8 Å². The Labute approximate surface area is 244 Å². The topological polar surface area (TPSA) is 67.7 Å². The molecule has 0 N–H and O–H groups in total. The lowest BCUT2D eigenvalue weighted by atomic mass is 9.88. The number of hydrogen-bond donors (Lipinski definition) is 0. The molecule has 3 aliphatic heterocycles. The third-order valence-corrected chi connectivity index (χ3v) is 9.84. The maximum atomic E-state index is 15.2. The lowest BCUT2D eigenvalue weighted by Crippen LogP contribution is -2.63. The number of nitrogens with zero attached hydrogens (tertiary/aromatic N) is 4. The smallest absolute Gasteiger partial charge is 0.380 e. The van der Waals surface area contributed by atoms with E-state index in [1.54, 1.807) is 11.8 Å². The summed E-state index contributed by atoms with van der Waals surface area (Å²) >= 11 is 1.10. The van der Waals surface area contributed by atoms with E-state index in [0.717, 1.165) is 30.0 Å². The van der Waals surface area contributed by atoms with Crippen molar-refractivity contribution in [1.29, 1.82) is 0 Å². The van der Waals surface area contributed by atoms with Crippen LogP contribution in [0, 0.1) is 17.0 Å². The highest BCUT2D eigenvalue weighted by atomic mass is 32.2. The maximum Gasteiger partial charge on any atom is 0.417 e. The Morgan fingerprint density at radius 3 is 2.52 bits per heavy atom. The van der Waals surface area contributed by atoms with E-state index in [1.807, 2.05) is 0 Å². The number of rotatable bonds is 3. The monoisotopic (exact) mass is 619 g/mol. The molecule has 2 saturated heterocycles. The molecule has 42 heavy (non-hydrogen) atoms. The van der Waals surface area contributed by atoms with E-state index in [4.69, 9.17) is 4.74 Å². The molecule has 14 heteroatoms. The SMILES string of the molecule is C=CC(=O)N1CCN(c2nc(=O)n3c4c(c(-c5ccc(F)cc5F)c(C(F)(F)F)cc24)SCC2(COC2)C3)[C@@](C)([Si])C1. The van der Waals surface area contributed by atoms with Gasteiger partial charge in [-0.1, -0.05) is 6.58 Å². The molecule has 7 nitrogen and oxygen atoms in total. The molecular formula is C28H24F5N4O3SSi. The van der Waals surface area contributed by atoms with E-state index in [-0.39, 0.29) is 53.7 Å². The number of amides is 1. The quantitative estimate of drug-likeness (QED) is 0.249. The van der Waals surface area contributed by atoms with Crippen molar-refractivity contribution in [3.8, 4) is 11.1 Å². The van der Waals surface area contributed by atoms with Crippen LogP contribution in [0.15, 0.2) is 46.6 Å². The van der Waals surface area contributed by atoms with E-state index in [0.29, 0.717) is 25.0 Å². The Morgan fingerprint density at radius 1 is 1.19 bits per heavy atom. The van der Waals surface area contributed by atoms with Crippen LogP contribution in [0.25, 0.3) is 22.0 Å². The second-order valence-electron chi connectivity index (χ2n) is 11.1. The predicted molar refractivity (Wildman–Crippen MR) is 149 cm³/mol. The molecule has 2 fully saturated rings. The van der Waals surface area contributed by atoms with Crippen LogP contribution in [0.4, 0.5) is 27.8 Å². The van der Waals surface area contributed by atoms with Crippen molar-refractivity contribution in [3.05, 3.63) is 64.6 Å². The number of hydrogen-bond acceptors (Lipinski definition) is 6. The van der Waals surface area contributed by atoms with Gasteiger partial charge < -0.3 is 14.5 Å². The zero-order valence-electron chi connectivity index (χ0n) is 22.4. The minimum Gasteiger partial charge on any atom is -0.380 e. The van der Waals surface area contributed by atoms with Crippen LogP contribution in [-0.2, 0) is 22.3 Å². The van der Waals surface area contributed by atoms with Crippen LogP contribution in [0.2, 0.25) is 0 Å². The minimum atomic E-state index is -4.93. The van der Waals surface area contributed by atoms with Crippen molar-refractivity contribution in [2.75, 3.05) is 43.5 Å². The lowest BCUT2D eigenvalue weighted by Gasteiger charge is -2.48. The highest BCUT2D eigenvalue weighted by Gasteiger charge is 2.45. The van der Waals surface area contributed by atoms with Gasteiger partial charge in [0.05, 0.1) is 34.5 Å². The normalized spacial score (nSPS) is 21.8. The maximum absolute atomic E-state index is 15.2. The summed E-state index contributed by atoms with van der Waals surface area (Å²) in [6.07, 6.45) is -3.76. The number of benzene rings is 2. The van der Waals surface area contributed by atoms with Gasteiger partial charge in [0.15, 0.2) is 0 Å². The van der Waals surface area contributed by atoms with Gasteiger partial charge in [-0.3, -0.25) is 9.36 Å². The number of alkyl halides is 3. The molecule has 219 valence electrons. The molecule has 1 aromatic heterocycles. The fraction of sp³-hybridized carbons (Fsp3) is 0.393. The van der Waals surface area contributed by atoms with Crippen LogP contribution < -0.4 is 10.6 Å². The van der Waals surface area contributed by atoms with E-state index in [1.165, 1.54) is 15.5 Å². The summed E-state index contributed by atoms with van der Waals surface area (Å²) in [6, 6.07) is 3.33. The van der Waals surface area contributed by atoms with Gasteiger partial charge >= 0.3 is 11.9 Å². The number of anilines is 1. The van der Waals surface area contributed by atoms with Crippen molar-refractivity contribution >= 4 is 44.6 Å². The Balaban J connectivity index is 1.67. The molecule has 1 spiro atoms. The van der Waals surface area contributed by atoms with Crippen molar-refractivity contribution in [3.63, 3.8) is 0 Å². The first-order chi connectivity index (χ1) is 19.7. The predicted octanol–water partition coefficient (Wildman–Crippen LogP) is 4.20. The molecule has 3 radical (unpaired) electrons. The second kappa shape index (κ2) is 9.91. The summed E-state index contributed by atoms with van der Waals surface area (Å²) in [4.78, 5) is 33.6. The molecule has 4 heterocycles. The average Bonchev–Trinajstić information content (AvgIpc) is 3.08. The summed E-state index contributed by atoms with van der Waals surface area (Å²) in [6.45, 7) is 6.50. The number of carbonyl (C=O) groups excluding carboxylic acids is 1. The number of thioether (sulfide) groups is 1. The fourth-order valence-corrected chi connectivity index (χ4v) is 7.74. The van der Waals surface area contributed by atoms with E-state index < -0.39 is 50.8 Å². The standard InChI is InChI=1S/C28H24F5N4O3SSi/c1-3-20(38)35-6-7-37(26(2,42)10-35)24-17-9-18(28(31,32)33)21(16-5-4-15(29)8-19(16)30)23-22(17)36(25(39)34-24)11-27(14-41-23)12-40-13-27/h3-5,8-9H,1,6-7,10-14H2,2H3/t26-/m0/s1. The molecular weight excluding hydrogens is 595 g/mol. The van der Waals surface area contributed by atoms with Gasteiger partial charge in [-0.2, -0.15) is 18.2 Å². The third-order valence-electron chi connectivity index (χ3n) is 7.97. The van der Waals surface area contributed by atoms with Crippen molar-refractivity contribution in [2.24, 2.45) is 5.41 Å². The van der Waals surface area contributed by atoms with Crippen molar-refractivity contribution in [2.45, 2.75) is 29.7 Å². The number of piperazine rings is 1. The molecule has 0 aliphatic carbocycles. The summed E-state index contributed by atoms with van der Waals surface area (Å²) in [7, 11) is 3.68. The number of carbonyl (C=O) groups is 1. The number of halogens is 5. The zero-order chi connectivity index (χ0) is 30.2. The molecule has 2 aromatic carbocycles. The molecule has 3 aliphatic rings. The van der Waals surface area contributed by atoms with E-state index in [2.05, 4.69) is 21.8 Å². The van der Waals surface area contributed by atoms with Crippen molar-refractivity contribution in [1.82, 2.24) is 14.5 Å². The molecule has 0 bridgehead atoms. The molecule has 3 aromatic rings.